The zero-order valence-corrected chi connectivity index (χ0v) is 11.1. The maximum absolute atomic E-state index is 14.1. The van der Waals surface area contributed by atoms with Crippen LogP contribution < -0.4 is 0 Å². The Labute approximate surface area is 103 Å². The van der Waals surface area contributed by atoms with Crippen molar-refractivity contribution in [1.29, 1.82) is 0 Å². The Morgan fingerprint density at radius 3 is 2.29 bits per heavy atom. The van der Waals surface area contributed by atoms with E-state index in [2.05, 4.69) is 23.6 Å². The van der Waals surface area contributed by atoms with Gasteiger partial charge in [0.2, 0.25) is 0 Å². The lowest BCUT2D eigenvalue weighted by atomic mass is 10.0. The van der Waals surface area contributed by atoms with E-state index in [0.717, 1.165) is 0 Å². The summed E-state index contributed by atoms with van der Waals surface area (Å²) in [4.78, 5) is 3.57. The lowest BCUT2D eigenvalue weighted by Gasteiger charge is -2.09. The van der Waals surface area contributed by atoms with Crippen LogP contribution in [0, 0.1) is 17.8 Å². The van der Waals surface area contributed by atoms with Crippen LogP contribution in [0.2, 0.25) is 0 Å². The fraction of sp³-hybridized carbons (Fsp3) is 0.500. The summed E-state index contributed by atoms with van der Waals surface area (Å²) in [5.74, 6) is 4.60. The van der Waals surface area contributed by atoms with Gasteiger partial charge in [-0.05, 0) is 44.9 Å². The molecule has 0 aromatic heterocycles. The number of aliphatic imine (C=N–C) groups is 1. The zero-order valence-electron chi connectivity index (χ0n) is 11.1. The predicted octanol–water partition coefficient (Wildman–Crippen LogP) is 3.24. The van der Waals surface area contributed by atoms with Crippen molar-refractivity contribution in [1.82, 2.24) is 0 Å². The third-order valence-corrected chi connectivity index (χ3v) is 2.04. The molecule has 0 atom stereocenters. The number of hydrogen-bond donors (Lipinski definition) is 1. The van der Waals surface area contributed by atoms with Crippen LogP contribution in [0.1, 0.15) is 34.6 Å². The first-order valence-corrected chi connectivity index (χ1v) is 5.51. The Kier molecular flexibility index (Phi) is 5.84. The van der Waals surface area contributed by atoms with Crippen LogP contribution in [0.25, 0.3) is 0 Å². The van der Waals surface area contributed by atoms with Crippen LogP contribution in [0.3, 0.4) is 0 Å². The lowest BCUT2D eigenvalue weighted by molar-refractivity contribution is 0.143. The van der Waals surface area contributed by atoms with Gasteiger partial charge in [-0.25, -0.2) is 4.39 Å². The van der Waals surface area contributed by atoms with Gasteiger partial charge in [-0.15, -0.1) is 0 Å². The molecule has 0 bridgehead atoms. The number of rotatable bonds is 3. The molecule has 0 saturated heterocycles. The first kappa shape index (κ1) is 15.6. The Morgan fingerprint density at radius 1 is 1.47 bits per heavy atom. The average molecular weight is 237 g/mol. The maximum atomic E-state index is 14.1. The third-order valence-electron chi connectivity index (χ3n) is 2.04. The molecule has 0 radical (unpaired) electrons. The van der Waals surface area contributed by atoms with Gasteiger partial charge in [0.1, 0.15) is 11.3 Å². The highest BCUT2D eigenvalue weighted by atomic mass is 19.1. The minimum Gasteiger partial charge on any atom is -0.378 e. The quantitative estimate of drug-likeness (QED) is 0.456. The van der Waals surface area contributed by atoms with Gasteiger partial charge in [-0.3, -0.25) is 4.99 Å². The molecule has 0 heterocycles. The molecule has 94 valence electrons. The molecule has 0 aliphatic rings. The largest absolute Gasteiger partial charge is 0.378 e. The Balaban J connectivity index is 5.48. The molecule has 17 heavy (non-hydrogen) atoms. The highest BCUT2D eigenvalue weighted by molar-refractivity contribution is 5.45. The number of aliphatic hydroxyl groups is 1. The van der Waals surface area contributed by atoms with E-state index in [0.29, 0.717) is 5.57 Å². The van der Waals surface area contributed by atoms with E-state index in [4.69, 9.17) is 0 Å². The summed E-state index contributed by atoms with van der Waals surface area (Å²) in [6.45, 7) is 11.9. The number of nitrogens with zero attached hydrogens (tertiary/aromatic N) is 1. The third kappa shape index (κ3) is 5.46. The van der Waals surface area contributed by atoms with E-state index in [1.165, 1.54) is 13.8 Å². The molecule has 2 nitrogen and oxygen atoms in total. The van der Waals surface area contributed by atoms with Crippen LogP contribution in [0.4, 0.5) is 4.39 Å². The predicted molar refractivity (Wildman–Crippen MR) is 70.4 cm³/mol. The van der Waals surface area contributed by atoms with E-state index in [9.17, 15) is 9.50 Å². The molecular weight excluding hydrogens is 217 g/mol. The second-order valence-electron chi connectivity index (χ2n) is 4.53. The highest BCUT2D eigenvalue weighted by Crippen LogP contribution is 2.24. The van der Waals surface area contributed by atoms with Gasteiger partial charge < -0.3 is 5.11 Å². The lowest BCUT2D eigenvalue weighted by Crippen LogP contribution is -2.14. The molecule has 1 N–H and O–H groups in total. The number of allylic oxidation sites excluding steroid dienone is 4. The Morgan fingerprint density at radius 2 is 2.00 bits per heavy atom. The van der Waals surface area contributed by atoms with E-state index in [1.54, 1.807) is 13.0 Å². The number of halogens is 1. The fourth-order valence-corrected chi connectivity index (χ4v) is 1.23. The van der Waals surface area contributed by atoms with Crippen molar-refractivity contribution in [2.24, 2.45) is 10.9 Å². The smallest absolute Gasteiger partial charge is 0.160 e. The maximum Gasteiger partial charge on any atom is 0.160 e. The normalized spacial score (nSPS) is 14.0. The van der Waals surface area contributed by atoms with Crippen molar-refractivity contribution in [2.45, 2.75) is 40.2 Å². The molecule has 0 fully saturated rings. The van der Waals surface area contributed by atoms with Gasteiger partial charge in [-0.2, -0.15) is 0 Å². The molecule has 0 saturated carbocycles. The van der Waals surface area contributed by atoms with Crippen molar-refractivity contribution < 1.29 is 9.50 Å². The first-order valence-electron chi connectivity index (χ1n) is 5.51. The minimum absolute atomic E-state index is 0.0334. The molecular formula is C14H20FNO. The summed E-state index contributed by atoms with van der Waals surface area (Å²) in [6, 6.07) is 0. The minimum atomic E-state index is -1.18. The molecule has 0 rings (SSSR count). The standard InChI is InChI=1S/C14H20FNO/c1-7-11(10(2)3)13(15)12(16-6)8-9-14(4,5)17/h7,10,17H,6H2,1-5H3/b11-7-,13-12+. The molecule has 0 unspecified atom stereocenters. The Bertz CT molecular complexity index is 400. The van der Waals surface area contributed by atoms with E-state index < -0.39 is 11.4 Å². The summed E-state index contributed by atoms with van der Waals surface area (Å²) in [5, 5.41) is 9.45. The molecule has 3 heteroatoms. The van der Waals surface area contributed by atoms with E-state index >= 15 is 0 Å². The van der Waals surface area contributed by atoms with Crippen molar-refractivity contribution in [2.75, 3.05) is 0 Å². The van der Waals surface area contributed by atoms with Gasteiger partial charge in [-0.1, -0.05) is 25.8 Å². The first-order chi connectivity index (χ1) is 7.72. The van der Waals surface area contributed by atoms with Gasteiger partial charge in [0.15, 0.2) is 5.83 Å². The van der Waals surface area contributed by atoms with Crippen molar-refractivity contribution >= 4 is 6.72 Å². The summed E-state index contributed by atoms with van der Waals surface area (Å²) < 4.78 is 14.1. The zero-order chi connectivity index (χ0) is 13.6. The van der Waals surface area contributed by atoms with Gasteiger partial charge in [0.05, 0.1) is 0 Å². The SMILES string of the molecule is C=N/C(C#CC(C)(C)O)=C(F)\C(=C/C)C(C)C. The van der Waals surface area contributed by atoms with Crippen LogP contribution in [0.15, 0.2) is 28.2 Å². The molecule has 0 spiro atoms. The van der Waals surface area contributed by atoms with Crippen LogP contribution >= 0.6 is 0 Å². The van der Waals surface area contributed by atoms with Crippen LogP contribution in [0.5, 0.6) is 0 Å². The second-order valence-corrected chi connectivity index (χ2v) is 4.53. The van der Waals surface area contributed by atoms with Crippen LogP contribution in [-0.2, 0) is 0 Å². The highest BCUT2D eigenvalue weighted by Gasteiger charge is 2.13. The monoisotopic (exact) mass is 237 g/mol. The van der Waals surface area contributed by atoms with E-state index in [1.807, 2.05) is 13.8 Å². The molecule has 0 aliphatic carbocycles. The van der Waals surface area contributed by atoms with E-state index in [-0.39, 0.29) is 11.6 Å². The summed E-state index contributed by atoms with van der Waals surface area (Å²) in [7, 11) is 0. The van der Waals surface area contributed by atoms with Gasteiger partial charge >= 0.3 is 0 Å². The average Bonchev–Trinajstić information content (AvgIpc) is 2.17. The molecule has 0 amide bonds. The Hall–Kier alpha value is -1.40. The fourth-order valence-electron chi connectivity index (χ4n) is 1.23. The summed E-state index contributed by atoms with van der Waals surface area (Å²) >= 11 is 0. The van der Waals surface area contributed by atoms with Crippen LogP contribution in [-0.4, -0.2) is 17.4 Å². The molecule has 0 aromatic rings. The van der Waals surface area contributed by atoms with Gasteiger partial charge in [0, 0.05) is 0 Å². The second kappa shape index (κ2) is 6.36. The van der Waals surface area contributed by atoms with Gasteiger partial charge in [0.25, 0.3) is 0 Å². The number of hydrogen-bond acceptors (Lipinski definition) is 2. The summed E-state index contributed by atoms with van der Waals surface area (Å²) in [6.07, 6.45) is 1.69. The van der Waals surface area contributed by atoms with Crippen molar-refractivity contribution in [3.8, 4) is 11.8 Å². The van der Waals surface area contributed by atoms with Crippen molar-refractivity contribution in [3.05, 3.63) is 23.2 Å². The molecule has 0 aliphatic heterocycles. The summed E-state index contributed by atoms with van der Waals surface area (Å²) in [5.41, 5.74) is -0.671. The molecule has 0 aromatic carbocycles. The topological polar surface area (TPSA) is 32.6 Å². The van der Waals surface area contributed by atoms with Crippen molar-refractivity contribution in [3.63, 3.8) is 0 Å².